The van der Waals surface area contributed by atoms with Crippen LogP contribution in [0.25, 0.3) is 64.0 Å². The third kappa shape index (κ3) is 14.0. The molecule has 0 atom stereocenters. The van der Waals surface area contributed by atoms with Gasteiger partial charge in [0.2, 0.25) is 42.2 Å². The first-order valence-electron chi connectivity index (χ1n) is 21.0. The molecule has 8 heteroatoms. The van der Waals surface area contributed by atoms with E-state index in [-0.39, 0.29) is 0 Å². The summed E-state index contributed by atoms with van der Waals surface area (Å²) in [5.41, 5.74) is 9.84. The van der Waals surface area contributed by atoms with E-state index in [9.17, 15) is 4.32 Å². The molecule has 0 saturated heterocycles. The highest BCUT2D eigenvalue weighted by Crippen LogP contribution is 2.39. The van der Waals surface area contributed by atoms with Gasteiger partial charge in [-0.25, -0.2) is 0 Å². The van der Waals surface area contributed by atoms with Gasteiger partial charge in [-0.3, -0.25) is 0 Å². The maximum absolute atomic E-state index is 9.89. The highest BCUT2D eigenvalue weighted by Gasteiger charge is 2.20. The van der Waals surface area contributed by atoms with E-state index < -0.39 is 7.40 Å². The molecule has 4 nitrogen and oxygen atoms in total. The van der Waals surface area contributed by atoms with Crippen LogP contribution in [-0.2, 0) is 0 Å². The van der Waals surface area contributed by atoms with Crippen LogP contribution in [0.4, 0.5) is 4.32 Å². The minimum Gasteiger partial charge on any atom is -0.867 e. The Morgan fingerprint density at radius 1 is 0.387 bits per heavy atom. The fourth-order valence-electron chi connectivity index (χ4n) is 6.47. The quantitative estimate of drug-likeness (QED) is 0.0621. The largest absolute Gasteiger partial charge is 0.867 e. The summed E-state index contributed by atoms with van der Waals surface area (Å²) in [7, 11) is -3.17. The van der Waals surface area contributed by atoms with Gasteiger partial charge < -0.3 is 23.8 Å². The van der Waals surface area contributed by atoms with E-state index in [0.717, 1.165) is 50.4 Å². The molecule has 0 aliphatic heterocycles. The summed E-state index contributed by atoms with van der Waals surface area (Å²) in [4.78, 5) is 5.07. The Balaban J connectivity index is 0.000000191. The summed E-state index contributed by atoms with van der Waals surface area (Å²) >= 11 is 3.66. The molecule has 6 aromatic carbocycles. The van der Waals surface area contributed by atoms with Crippen molar-refractivity contribution in [3.63, 3.8) is 0 Å². The van der Waals surface area contributed by atoms with E-state index in [2.05, 4.69) is 208 Å². The molecule has 0 saturated carbocycles. The number of halogens is 1. The summed E-state index contributed by atoms with van der Waals surface area (Å²) in [6.07, 6.45) is 4.47. The first-order chi connectivity index (χ1) is 30.4. The number of rotatable bonds is 14. The second-order valence-electron chi connectivity index (χ2n) is 14.3. The van der Waals surface area contributed by atoms with Gasteiger partial charge in [-0.15, -0.1) is 0 Å². The SMILES string of the molecule is CCCCOc1ccc(-c2cc(-c3ccccc3)[s+]c(-c3ccccc3)c2)cc1.CCCCOc1ccc(-c2cc(-c3ccccc3)[s+]c(-c3ccccc3)c2)cc1.[O-]B([O-])F. The van der Waals surface area contributed by atoms with Gasteiger partial charge in [-0.05, 0) is 108 Å². The van der Waals surface area contributed by atoms with E-state index in [1.54, 1.807) is 0 Å². The van der Waals surface area contributed by atoms with Crippen LogP contribution >= 0.6 is 22.7 Å². The third-order valence-corrected chi connectivity index (χ3v) is 12.0. The second kappa shape index (κ2) is 24.4. The van der Waals surface area contributed by atoms with Crippen molar-refractivity contribution in [2.45, 2.75) is 39.5 Å². The molecule has 0 spiro atoms. The Bertz CT molecular complexity index is 2210. The molecule has 0 unspecified atom stereocenters. The first kappa shape index (κ1) is 45.5. The van der Waals surface area contributed by atoms with Crippen LogP contribution in [0, 0.1) is 0 Å². The molecule has 62 heavy (non-hydrogen) atoms. The van der Waals surface area contributed by atoms with E-state index in [4.69, 9.17) is 19.5 Å². The smallest absolute Gasteiger partial charge is 0.239 e. The number of hydrogen-bond acceptors (Lipinski definition) is 4. The number of benzene rings is 6. The van der Waals surface area contributed by atoms with Gasteiger partial charge in [0.15, 0.2) is 0 Å². The van der Waals surface area contributed by atoms with E-state index in [1.165, 1.54) is 64.0 Å². The Morgan fingerprint density at radius 3 is 0.887 bits per heavy atom. The van der Waals surface area contributed by atoms with Gasteiger partial charge in [-0.1, -0.05) is 124 Å². The van der Waals surface area contributed by atoms with E-state index in [1.807, 2.05) is 22.7 Å². The molecular formula is C54H50BFO4S2. The number of ether oxygens (including phenoxy) is 2. The second-order valence-corrected chi connectivity index (χ2v) is 16.5. The van der Waals surface area contributed by atoms with Gasteiger partial charge in [0.1, 0.15) is 18.9 Å². The summed E-state index contributed by atoms with van der Waals surface area (Å²) in [5.74, 6) is 1.88. The molecule has 0 N–H and O–H groups in total. The Labute approximate surface area is 374 Å². The van der Waals surface area contributed by atoms with Gasteiger partial charge >= 0.3 is 0 Å². The van der Waals surface area contributed by atoms with Gasteiger partial charge in [0.25, 0.3) is 0 Å². The molecule has 8 rings (SSSR count). The zero-order valence-corrected chi connectivity index (χ0v) is 36.8. The molecule has 0 radical (unpaired) electrons. The fourth-order valence-corrected chi connectivity index (χ4v) is 8.70. The van der Waals surface area contributed by atoms with Crippen LogP contribution in [-0.4, -0.2) is 20.6 Å². The van der Waals surface area contributed by atoms with Crippen molar-refractivity contribution < 1.29 is 23.8 Å². The molecule has 312 valence electrons. The zero-order chi connectivity index (χ0) is 43.4. The van der Waals surface area contributed by atoms with Gasteiger partial charge in [0, 0.05) is 46.5 Å². The summed E-state index contributed by atoms with van der Waals surface area (Å²) in [6.45, 7) is 5.91. The molecule has 8 aromatic rings. The van der Waals surface area contributed by atoms with E-state index in [0.29, 0.717) is 0 Å². The highest BCUT2D eigenvalue weighted by atomic mass is 32.1. The molecule has 2 heterocycles. The molecular weight excluding hydrogens is 807 g/mol. The monoisotopic (exact) mass is 856 g/mol. The minimum atomic E-state index is -3.17. The lowest BCUT2D eigenvalue weighted by Gasteiger charge is -2.09. The molecule has 0 aliphatic carbocycles. The maximum Gasteiger partial charge on any atom is 0.239 e. The van der Waals surface area contributed by atoms with E-state index >= 15 is 0 Å². The fraction of sp³-hybridized carbons (Fsp3) is 0.148. The molecule has 0 amide bonds. The zero-order valence-electron chi connectivity index (χ0n) is 35.1. The van der Waals surface area contributed by atoms with Crippen molar-refractivity contribution in [1.29, 1.82) is 0 Å². The van der Waals surface area contributed by atoms with Crippen molar-refractivity contribution >= 4 is 30.1 Å². The molecule has 0 bridgehead atoms. The summed E-state index contributed by atoms with van der Waals surface area (Å²) in [5, 5.41) is 16.6. The lowest BCUT2D eigenvalue weighted by Crippen LogP contribution is -2.39. The van der Waals surface area contributed by atoms with Crippen molar-refractivity contribution in [3.05, 3.63) is 194 Å². The van der Waals surface area contributed by atoms with Crippen molar-refractivity contribution in [2.75, 3.05) is 13.2 Å². The normalized spacial score (nSPS) is 10.4. The predicted molar refractivity (Wildman–Crippen MR) is 258 cm³/mol. The average molecular weight is 857 g/mol. The van der Waals surface area contributed by atoms with Crippen LogP contribution in [0.15, 0.2) is 194 Å². The lowest BCUT2D eigenvalue weighted by atomic mass is 10.0. The molecule has 2 aromatic heterocycles. The van der Waals surface area contributed by atoms with Crippen LogP contribution in [0.5, 0.6) is 11.5 Å². The van der Waals surface area contributed by atoms with Crippen LogP contribution in [0.1, 0.15) is 39.5 Å². The van der Waals surface area contributed by atoms with Crippen LogP contribution in [0.2, 0.25) is 0 Å². The van der Waals surface area contributed by atoms with Crippen molar-refractivity contribution in [1.82, 2.24) is 0 Å². The maximum atomic E-state index is 9.89. The average Bonchev–Trinajstić information content (AvgIpc) is 3.33. The Morgan fingerprint density at radius 2 is 0.645 bits per heavy atom. The highest BCUT2D eigenvalue weighted by molar-refractivity contribution is 7.18. The van der Waals surface area contributed by atoms with Gasteiger partial charge in [0.05, 0.1) is 13.2 Å². The number of unbranched alkanes of at least 4 members (excludes halogenated alkanes) is 2. The first-order valence-corrected chi connectivity index (χ1v) is 22.6. The Hall–Kier alpha value is -6.03. The molecule has 0 aliphatic rings. The predicted octanol–water partition coefficient (Wildman–Crippen LogP) is 14.1. The molecule has 0 fully saturated rings. The van der Waals surface area contributed by atoms with Crippen molar-refractivity contribution in [2.24, 2.45) is 0 Å². The third-order valence-electron chi connectivity index (χ3n) is 9.73. The summed E-state index contributed by atoms with van der Waals surface area (Å²) < 4.78 is 21.5. The number of hydrogen-bond donors (Lipinski definition) is 0. The van der Waals surface area contributed by atoms with Crippen LogP contribution < -0.4 is 19.5 Å². The minimum absolute atomic E-state index is 0.777. The van der Waals surface area contributed by atoms with Crippen LogP contribution in [0.3, 0.4) is 0 Å². The lowest BCUT2D eigenvalue weighted by molar-refractivity contribution is -0.366. The topological polar surface area (TPSA) is 64.6 Å². The standard InChI is InChI=1S/2C27H25OS.BFO2/c2*1-2-3-18-28-25-16-14-21(15-17-25)24-19-26(22-10-6-4-7-11-22)29-27(20-24)23-12-8-5-9-13-23;2-1(3)4/h2*4-17,19-20H,2-3,18H2,1H3;/q2*+1;-2. The summed E-state index contributed by atoms with van der Waals surface area (Å²) in [6, 6.07) is 68.5. The Kier molecular flexibility index (Phi) is 17.9. The van der Waals surface area contributed by atoms with Crippen molar-refractivity contribution in [3.8, 4) is 75.5 Å². The van der Waals surface area contributed by atoms with Gasteiger partial charge in [-0.2, -0.15) is 0 Å².